The van der Waals surface area contributed by atoms with Crippen LogP contribution < -0.4 is 5.46 Å². The number of aryl methyl sites for hydroxylation is 1. The first-order valence-corrected chi connectivity index (χ1v) is 3.03. The molecule has 0 spiro atoms. The second-order valence-corrected chi connectivity index (χ2v) is 2.25. The third-order valence-corrected chi connectivity index (χ3v) is 1.38. The zero-order chi connectivity index (χ0) is 6.85. The van der Waals surface area contributed by atoms with E-state index in [0.29, 0.717) is 5.28 Å². The van der Waals surface area contributed by atoms with E-state index in [1.807, 2.05) is 14.8 Å². The number of rotatable bonds is 0. The Morgan fingerprint density at radius 3 is 2.78 bits per heavy atom. The molecule has 0 radical (unpaired) electrons. The number of hydrogen-bond acceptors (Lipinski definition) is 2. The molecule has 1 aromatic rings. The maximum absolute atomic E-state index is 5.49. The first-order valence-electron chi connectivity index (χ1n) is 2.66. The minimum atomic E-state index is 0.318. The lowest BCUT2D eigenvalue weighted by Gasteiger charge is -1.95. The molecule has 0 fully saturated rings. The van der Waals surface area contributed by atoms with Crippen molar-refractivity contribution >= 4 is 24.9 Å². The van der Waals surface area contributed by atoms with Crippen molar-refractivity contribution in [2.24, 2.45) is 0 Å². The van der Waals surface area contributed by atoms with Crippen LogP contribution >= 0.6 is 11.6 Å². The van der Waals surface area contributed by atoms with E-state index in [-0.39, 0.29) is 0 Å². The normalized spacial score (nSPS) is 9.56. The lowest BCUT2D eigenvalue weighted by atomic mass is 9.97. The molecule has 9 heavy (non-hydrogen) atoms. The summed E-state index contributed by atoms with van der Waals surface area (Å²) in [5.74, 6) is 0. The van der Waals surface area contributed by atoms with E-state index < -0.39 is 0 Å². The Morgan fingerprint density at radius 1 is 1.67 bits per heavy atom. The SMILES string of the molecule is Bc1cnc(Cl)nc1C. The highest BCUT2D eigenvalue weighted by molar-refractivity contribution is 6.33. The van der Waals surface area contributed by atoms with Crippen LogP contribution in [-0.4, -0.2) is 17.8 Å². The Kier molecular flexibility index (Phi) is 1.71. The van der Waals surface area contributed by atoms with Crippen LogP contribution in [0.25, 0.3) is 0 Å². The fraction of sp³-hybridized carbons (Fsp3) is 0.200. The zero-order valence-electron chi connectivity index (χ0n) is 5.35. The molecule has 46 valence electrons. The molecule has 0 saturated carbocycles. The summed E-state index contributed by atoms with van der Waals surface area (Å²) >= 11 is 5.49. The predicted molar refractivity (Wildman–Crippen MR) is 40.0 cm³/mol. The average molecular weight is 140 g/mol. The summed E-state index contributed by atoms with van der Waals surface area (Å²) < 4.78 is 0. The second-order valence-electron chi connectivity index (χ2n) is 1.91. The van der Waals surface area contributed by atoms with E-state index in [2.05, 4.69) is 9.97 Å². The monoisotopic (exact) mass is 140 g/mol. The molecule has 0 N–H and O–H groups in total. The molecule has 0 saturated heterocycles. The summed E-state index contributed by atoms with van der Waals surface area (Å²) in [7, 11) is 1.95. The Morgan fingerprint density at radius 2 is 2.33 bits per heavy atom. The fourth-order valence-corrected chi connectivity index (χ4v) is 0.675. The van der Waals surface area contributed by atoms with E-state index in [1.54, 1.807) is 6.20 Å². The van der Waals surface area contributed by atoms with Gasteiger partial charge in [-0.25, -0.2) is 9.97 Å². The van der Waals surface area contributed by atoms with Crippen LogP contribution in [0.15, 0.2) is 6.20 Å². The summed E-state index contributed by atoms with van der Waals surface area (Å²) in [4.78, 5) is 7.72. The molecule has 0 aliphatic rings. The molecule has 1 heterocycles. The van der Waals surface area contributed by atoms with Crippen LogP contribution in [0, 0.1) is 6.92 Å². The molecule has 0 aliphatic heterocycles. The van der Waals surface area contributed by atoms with E-state index >= 15 is 0 Å². The molecule has 0 amide bonds. The molecule has 0 unspecified atom stereocenters. The smallest absolute Gasteiger partial charge is 0.222 e. The van der Waals surface area contributed by atoms with Crippen molar-refractivity contribution in [3.05, 3.63) is 17.2 Å². The first kappa shape index (κ1) is 6.55. The van der Waals surface area contributed by atoms with Gasteiger partial charge >= 0.3 is 0 Å². The topological polar surface area (TPSA) is 25.8 Å². The Balaban J connectivity index is 3.17. The molecule has 0 bridgehead atoms. The molecule has 0 aliphatic carbocycles. The number of aromatic nitrogens is 2. The van der Waals surface area contributed by atoms with Crippen molar-refractivity contribution in [3.8, 4) is 0 Å². The minimum absolute atomic E-state index is 0.318. The summed E-state index contributed by atoms with van der Waals surface area (Å²) in [6.07, 6.45) is 1.71. The van der Waals surface area contributed by atoms with Gasteiger partial charge in [0.05, 0.1) is 0 Å². The highest BCUT2D eigenvalue weighted by Gasteiger charge is 1.93. The van der Waals surface area contributed by atoms with Crippen LogP contribution in [0.5, 0.6) is 0 Å². The fourth-order valence-electron chi connectivity index (χ4n) is 0.499. The van der Waals surface area contributed by atoms with Crippen molar-refractivity contribution < 1.29 is 0 Å². The Bertz CT molecular complexity index is 226. The van der Waals surface area contributed by atoms with Gasteiger partial charge in [-0.15, -0.1) is 0 Å². The van der Waals surface area contributed by atoms with Crippen molar-refractivity contribution in [1.29, 1.82) is 0 Å². The lowest BCUT2D eigenvalue weighted by Crippen LogP contribution is -2.10. The highest BCUT2D eigenvalue weighted by Crippen LogP contribution is 1.95. The zero-order valence-corrected chi connectivity index (χ0v) is 6.11. The maximum atomic E-state index is 5.49. The Labute approximate surface area is 59.7 Å². The highest BCUT2D eigenvalue weighted by atomic mass is 35.5. The van der Waals surface area contributed by atoms with Gasteiger partial charge < -0.3 is 0 Å². The van der Waals surface area contributed by atoms with Gasteiger partial charge in [-0.3, -0.25) is 0 Å². The molecule has 1 aromatic heterocycles. The summed E-state index contributed by atoms with van der Waals surface area (Å²) in [6.45, 7) is 1.91. The van der Waals surface area contributed by atoms with Gasteiger partial charge in [0, 0.05) is 11.9 Å². The molecular weight excluding hydrogens is 134 g/mol. The summed E-state index contributed by atoms with van der Waals surface area (Å²) in [5.41, 5.74) is 2.01. The number of hydrogen-bond donors (Lipinski definition) is 0. The van der Waals surface area contributed by atoms with Crippen LogP contribution in [0.4, 0.5) is 0 Å². The van der Waals surface area contributed by atoms with Gasteiger partial charge in [0.25, 0.3) is 0 Å². The van der Waals surface area contributed by atoms with Gasteiger partial charge in [-0.2, -0.15) is 0 Å². The largest absolute Gasteiger partial charge is 0.227 e. The van der Waals surface area contributed by atoms with E-state index in [9.17, 15) is 0 Å². The van der Waals surface area contributed by atoms with Crippen LogP contribution in [-0.2, 0) is 0 Å². The minimum Gasteiger partial charge on any atom is -0.227 e. The van der Waals surface area contributed by atoms with Crippen molar-refractivity contribution in [1.82, 2.24) is 9.97 Å². The van der Waals surface area contributed by atoms with Gasteiger partial charge in [0.2, 0.25) is 5.28 Å². The summed E-state index contributed by atoms with van der Waals surface area (Å²) in [5, 5.41) is 0.318. The van der Waals surface area contributed by atoms with Crippen molar-refractivity contribution in [3.63, 3.8) is 0 Å². The van der Waals surface area contributed by atoms with Gasteiger partial charge in [-0.05, 0) is 18.5 Å². The molecular formula is C5H6BClN2. The van der Waals surface area contributed by atoms with Crippen LogP contribution in [0.1, 0.15) is 5.69 Å². The molecule has 1 rings (SSSR count). The Hall–Kier alpha value is -0.565. The van der Waals surface area contributed by atoms with Gasteiger partial charge in [-0.1, -0.05) is 5.46 Å². The molecule has 4 heteroatoms. The lowest BCUT2D eigenvalue weighted by molar-refractivity contribution is 1.12. The molecule has 0 atom stereocenters. The number of nitrogens with zero attached hydrogens (tertiary/aromatic N) is 2. The van der Waals surface area contributed by atoms with Crippen LogP contribution in [0.3, 0.4) is 0 Å². The first-order chi connectivity index (χ1) is 4.20. The molecule has 0 aromatic carbocycles. The molecule has 2 nitrogen and oxygen atoms in total. The van der Waals surface area contributed by atoms with E-state index in [4.69, 9.17) is 11.6 Å². The third kappa shape index (κ3) is 1.42. The maximum Gasteiger partial charge on any atom is 0.222 e. The standard InChI is InChI=1S/C5H6BClN2/c1-3-4(6)2-8-5(7)9-3/h2H,6H2,1H3. The predicted octanol–water partition coefficient (Wildman–Crippen LogP) is -0.303. The summed E-state index contributed by atoms with van der Waals surface area (Å²) in [6, 6.07) is 0. The quantitative estimate of drug-likeness (QED) is 0.365. The van der Waals surface area contributed by atoms with Crippen molar-refractivity contribution in [2.45, 2.75) is 6.92 Å². The van der Waals surface area contributed by atoms with Gasteiger partial charge in [0.15, 0.2) is 0 Å². The third-order valence-electron chi connectivity index (χ3n) is 1.20. The van der Waals surface area contributed by atoms with E-state index in [1.165, 1.54) is 0 Å². The number of halogens is 1. The van der Waals surface area contributed by atoms with Crippen LogP contribution in [0.2, 0.25) is 5.28 Å². The van der Waals surface area contributed by atoms with Crippen molar-refractivity contribution in [2.75, 3.05) is 0 Å². The van der Waals surface area contributed by atoms with Gasteiger partial charge in [0.1, 0.15) is 7.85 Å². The second kappa shape index (κ2) is 2.35. The van der Waals surface area contributed by atoms with E-state index in [0.717, 1.165) is 11.2 Å². The average Bonchev–Trinajstić information content (AvgIpc) is 1.80.